The highest BCUT2D eigenvalue weighted by Gasteiger charge is 2.30. The molecule has 0 saturated carbocycles. The number of morpholine rings is 1. The molecule has 1 fully saturated rings. The van der Waals surface area contributed by atoms with E-state index in [1.54, 1.807) is 43.6 Å². The van der Waals surface area contributed by atoms with Crippen molar-refractivity contribution < 1.29 is 37.0 Å². The predicted octanol–water partition coefficient (Wildman–Crippen LogP) is 9.02. The molecule has 3 N–H and O–H groups in total. The molecule has 5 aromatic rings. The number of ether oxygens (including phenoxy) is 4. The summed E-state index contributed by atoms with van der Waals surface area (Å²) in [4.78, 5) is 33.8. The standard InChI is InChI=1S/C46H55N5O8S/c1-45(2,3)31-26-38(43(57-7)39(27-31)50-60(8,54)55)49-44(53)48-37-17-18-41(35-13-10-9-12-34(35)37)59-33-19-20-47-32(28-33)24-30-15-16-36(42(25-30)56-6)40(52)14-11-21-51-22-23-58-29-46(51,4)5/h9-10,12-13,15-20,25-28,50H,11,14,21-24,29H2,1-8H3,(H2,48,49,53). The Balaban J connectivity index is 1.14. The van der Waals surface area contributed by atoms with Crippen LogP contribution in [0, 0.1) is 0 Å². The van der Waals surface area contributed by atoms with Gasteiger partial charge in [0.05, 0.1) is 56.3 Å². The zero-order valence-corrected chi connectivity index (χ0v) is 36.4. The van der Waals surface area contributed by atoms with Crippen LogP contribution in [0.4, 0.5) is 21.9 Å². The molecular formula is C46H55N5O8S. The number of Topliss-reactive ketones (excluding diaryl/α,β-unsaturated/α-hetero) is 1. The molecule has 1 saturated heterocycles. The zero-order valence-electron chi connectivity index (χ0n) is 35.6. The summed E-state index contributed by atoms with van der Waals surface area (Å²) in [7, 11) is -0.649. The van der Waals surface area contributed by atoms with E-state index in [0.717, 1.165) is 53.4 Å². The summed E-state index contributed by atoms with van der Waals surface area (Å²) >= 11 is 0. The average Bonchev–Trinajstić information content (AvgIpc) is 3.18. The minimum absolute atomic E-state index is 0.0418. The predicted molar refractivity (Wildman–Crippen MR) is 237 cm³/mol. The highest BCUT2D eigenvalue weighted by Crippen LogP contribution is 2.40. The van der Waals surface area contributed by atoms with Gasteiger partial charge in [0, 0.05) is 53.7 Å². The fraction of sp³-hybridized carbons (Fsp3) is 0.370. The Labute approximate surface area is 352 Å². The summed E-state index contributed by atoms with van der Waals surface area (Å²) in [5, 5.41) is 7.29. The summed E-state index contributed by atoms with van der Waals surface area (Å²) in [5.41, 5.74) is 3.70. The number of urea groups is 1. The third-order valence-electron chi connectivity index (χ3n) is 10.5. The van der Waals surface area contributed by atoms with Gasteiger partial charge >= 0.3 is 6.03 Å². The molecule has 14 heteroatoms. The van der Waals surface area contributed by atoms with Crippen molar-refractivity contribution in [3.63, 3.8) is 0 Å². The molecule has 13 nitrogen and oxygen atoms in total. The first-order valence-corrected chi connectivity index (χ1v) is 21.8. The molecule has 6 rings (SSSR count). The lowest BCUT2D eigenvalue weighted by Crippen LogP contribution is -2.53. The number of pyridine rings is 1. The molecule has 60 heavy (non-hydrogen) atoms. The number of anilines is 3. The number of sulfonamides is 1. The Morgan fingerprint density at radius 2 is 1.62 bits per heavy atom. The van der Waals surface area contributed by atoms with Crippen molar-refractivity contribution in [2.24, 2.45) is 0 Å². The van der Waals surface area contributed by atoms with Crippen LogP contribution in [0.25, 0.3) is 10.8 Å². The molecule has 318 valence electrons. The Bertz CT molecular complexity index is 2480. The molecule has 0 spiro atoms. The number of rotatable bonds is 15. The van der Waals surface area contributed by atoms with Gasteiger partial charge in [0.1, 0.15) is 17.2 Å². The lowest BCUT2D eigenvalue weighted by molar-refractivity contribution is -0.0511. The van der Waals surface area contributed by atoms with Crippen molar-refractivity contribution in [2.75, 3.05) is 62.1 Å². The Hall–Kier alpha value is -5.70. The summed E-state index contributed by atoms with van der Waals surface area (Å²) in [6, 6.07) is 23.4. The van der Waals surface area contributed by atoms with E-state index in [1.165, 1.54) is 7.11 Å². The summed E-state index contributed by atoms with van der Waals surface area (Å²) in [5.74, 6) is 1.92. The Morgan fingerprint density at radius 1 is 0.883 bits per heavy atom. The van der Waals surface area contributed by atoms with Crippen LogP contribution in [0.15, 0.2) is 85.1 Å². The fourth-order valence-corrected chi connectivity index (χ4v) is 7.85. The van der Waals surface area contributed by atoms with E-state index in [9.17, 15) is 18.0 Å². The summed E-state index contributed by atoms with van der Waals surface area (Å²) in [6.07, 6.45) is 4.42. The highest BCUT2D eigenvalue weighted by atomic mass is 32.2. The van der Waals surface area contributed by atoms with Crippen LogP contribution in [0.3, 0.4) is 0 Å². The van der Waals surface area contributed by atoms with E-state index in [4.69, 9.17) is 18.9 Å². The monoisotopic (exact) mass is 837 g/mol. The number of methoxy groups -OCH3 is 2. The number of hydrogen-bond acceptors (Lipinski definition) is 10. The van der Waals surface area contributed by atoms with Crippen LogP contribution in [-0.4, -0.2) is 82.4 Å². The second-order valence-electron chi connectivity index (χ2n) is 16.6. The summed E-state index contributed by atoms with van der Waals surface area (Å²) in [6.45, 7) is 13.4. The highest BCUT2D eigenvalue weighted by molar-refractivity contribution is 7.92. The van der Waals surface area contributed by atoms with E-state index in [-0.39, 0.29) is 28.2 Å². The first-order chi connectivity index (χ1) is 28.4. The molecule has 0 bridgehead atoms. The quantitative estimate of drug-likeness (QED) is 0.0870. The summed E-state index contributed by atoms with van der Waals surface area (Å²) < 4.78 is 50.2. The van der Waals surface area contributed by atoms with Crippen molar-refractivity contribution in [3.05, 3.63) is 107 Å². The first-order valence-electron chi connectivity index (χ1n) is 19.9. The maximum Gasteiger partial charge on any atom is 0.323 e. The molecule has 2 amide bonds. The molecule has 0 unspecified atom stereocenters. The number of nitrogens with zero attached hydrogens (tertiary/aromatic N) is 2. The SMILES string of the molecule is COc1cc(Cc2cc(Oc3ccc(NC(=O)Nc4cc(C(C)(C)C)cc(NS(C)(=O)=O)c4OC)c4ccccc34)ccn2)ccc1C(=O)CCCN1CCOCC1(C)C. The van der Waals surface area contributed by atoms with Gasteiger partial charge in [0.25, 0.3) is 0 Å². The van der Waals surface area contributed by atoms with Gasteiger partial charge in [0.15, 0.2) is 11.5 Å². The molecule has 0 aliphatic carbocycles. The van der Waals surface area contributed by atoms with Gasteiger partial charge in [-0.15, -0.1) is 0 Å². The molecular weight excluding hydrogens is 783 g/mol. The van der Waals surface area contributed by atoms with Crippen LogP contribution < -0.4 is 29.6 Å². The number of fused-ring (bicyclic) bond motifs is 1. The Kier molecular flexibility index (Phi) is 13.4. The third-order valence-corrected chi connectivity index (χ3v) is 11.0. The van der Waals surface area contributed by atoms with Gasteiger partial charge in [-0.25, -0.2) is 13.2 Å². The number of aromatic nitrogens is 1. The van der Waals surface area contributed by atoms with Gasteiger partial charge in [-0.05, 0) is 85.8 Å². The number of carbonyl (C=O) groups excluding carboxylic acids is 2. The van der Waals surface area contributed by atoms with Gasteiger partial charge in [-0.2, -0.15) is 0 Å². The van der Waals surface area contributed by atoms with E-state index in [1.807, 2.05) is 69.3 Å². The zero-order chi connectivity index (χ0) is 43.2. The first kappa shape index (κ1) is 43.9. The topological polar surface area (TPSA) is 157 Å². The number of ketones is 1. The van der Waals surface area contributed by atoms with E-state index >= 15 is 0 Å². The van der Waals surface area contributed by atoms with Gasteiger partial charge < -0.3 is 29.6 Å². The van der Waals surface area contributed by atoms with E-state index in [2.05, 4.69) is 39.1 Å². The van der Waals surface area contributed by atoms with Crippen molar-refractivity contribution >= 4 is 49.7 Å². The van der Waals surface area contributed by atoms with Crippen LogP contribution >= 0.6 is 0 Å². The van der Waals surface area contributed by atoms with Crippen LogP contribution in [0.5, 0.6) is 23.0 Å². The van der Waals surface area contributed by atoms with E-state index < -0.39 is 16.1 Å². The normalized spacial score (nSPS) is 14.3. The largest absolute Gasteiger partial charge is 0.496 e. The molecule has 0 atom stereocenters. The number of carbonyl (C=O) groups is 2. The number of benzene rings is 4. The number of hydrogen-bond donors (Lipinski definition) is 3. The second kappa shape index (κ2) is 18.3. The second-order valence-corrected chi connectivity index (χ2v) is 18.4. The number of amides is 2. The molecule has 1 aliphatic rings. The van der Waals surface area contributed by atoms with Crippen molar-refractivity contribution in [1.82, 2.24) is 9.88 Å². The lowest BCUT2D eigenvalue weighted by atomic mass is 9.86. The minimum atomic E-state index is -3.64. The average molecular weight is 838 g/mol. The van der Waals surface area contributed by atoms with Gasteiger partial charge in [-0.1, -0.05) is 51.1 Å². The third kappa shape index (κ3) is 10.9. The molecule has 2 heterocycles. The maximum absolute atomic E-state index is 13.5. The van der Waals surface area contributed by atoms with Crippen molar-refractivity contribution in [3.8, 4) is 23.0 Å². The molecule has 0 radical (unpaired) electrons. The molecule has 1 aliphatic heterocycles. The van der Waals surface area contributed by atoms with Gasteiger partial charge in [0.2, 0.25) is 10.0 Å². The van der Waals surface area contributed by atoms with Crippen LogP contribution in [0.1, 0.15) is 74.6 Å². The lowest BCUT2D eigenvalue weighted by Gasteiger charge is -2.42. The molecule has 1 aromatic heterocycles. The van der Waals surface area contributed by atoms with Crippen molar-refractivity contribution in [1.29, 1.82) is 0 Å². The minimum Gasteiger partial charge on any atom is -0.496 e. The molecule has 4 aromatic carbocycles. The fourth-order valence-electron chi connectivity index (χ4n) is 7.29. The van der Waals surface area contributed by atoms with Crippen LogP contribution in [0.2, 0.25) is 0 Å². The maximum atomic E-state index is 13.5. The number of nitrogens with one attached hydrogen (secondary N) is 3. The van der Waals surface area contributed by atoms with E-state index in [0.29, 0.717) is 60.2 Å². The van der Waals surface area contributed by atoms with Crippen molar-refractivity contribution in [2.45, 2.75) is 64.8 Å². The van der Waals surface area contributed by atoms with Crippen LogP contribution in [-0.2, 0) is 26.6 Å². The van der Waals surface area contributed by atoms with Gasteiger partial charge in [-0.3, -0.25) is 19.4 Å². The smallest absolute Gasteiger partial charge is 0.323 e. The Morgan fingerprint density at radius 3 is 2.32 bits per heavy atom.